The molecule has 0 aliphatic heterocycles. The van der Waals surface area contributed by atoms with Gasteiger partial charge in [-0.25, -0.2) is 4.68 Å². The van der Waals surface area contributed by atoms with Crippen molar-refractivity contribution in [2.24, 2.45) is 0 Å². The van der Waals surface area contributed by atoms with Crippen molar-refractivity contribution in [1.29, 1.82) is 0 Å². The lowest BCUT2D eigenvalue weighted by molar-refractivity contribution is -0.116. The molecule has 0 saturated heterocycles. The second-order valence-corrected chi connectivity index (χ2v) is 6.12. The van der Waals surface area contributed by atoms with Gasteiger partial charge in [-0.05, 0) is 31.2 Å². The molecule has 2 heterocycles. The first-order chi connectivity index (χ1) is 11.1. The number of hydrogen-bond acceptors (Lipinski definition) is 4. The molecule has 6 nitrogen and oxygen atoms in total. The molecule has 0 spiro atoms. The summed E-state index contributed by atoms with van der Waals surface area (Å²) in [5.74, 6) is 0.549. The van der Waals surface area contributed by atoms with E-state index in [1.807, 2.05) is 10.1 Å². The van der Waals surface area contributed by atoms with Crippen LogP contribution in [0.3, 0.4) is 0 Å². The van der Waals surface area contributed by atoms with Gasteiger partial charge in [0, 0.05) is 30.0 Å². The molecule has 0 aliphatic carbocycles. The van der Waals surface area contributed by atoms with Crippen LogP contribution in [-0.2, 0) is 4.79 Å². The molecule has 2 rings (SSSR count). The molecular weight excluding hydrogens is 312 g/mol. The first-order valence-corrected chi connectivity index (χ1v) is 8.69. The number of rotatable bonds is 8. The Balaban J connectivity index is 1.71. The average Bonchev–Trinajstić information content (AvgIpc) is 3.22. The van der Waals surface area contributed by atoms with E-state index < -0.39 is 0 Å². The van der Waals surface area contributed by atoms with Crippen LogP contribution in [0.25, 0.3) is 0 Å². The van der Waals surface area contributed by atoms with Crippen molar-refractivity contribution in [3.63, 3.8) is 0 Å². The van der Waals surface area contributed by atoms with Crippen LogP contribution < -0.4 is 10.6 Å². The molecule has 1 atom stereocenters. The molecule has 0 aromatic carbocycles. The van der Waals surface area contributed by atoms with Gasteiger partial charge in [-0.3, -0.25) is 9.59 Å². The summed E-state index contributed by atoms with van der Waals surface area (Å²) in [6, 6.07) is 3.82. The van der Waals surface area contributed by atoms with Crippen molar-refractivity contribution in [1.82, 2.24) is 15.1 Å². The van der Waals surface area contributed by atoms with Gasteiger partial charge in [-0.1, -0.05) is 6.92 Å². The van der Waals surface area contributed by atoms with Crippen molar-refractivity contribution in [2.75, 3.05) is 11.9 Å². The Morgan fingerprint density at radius 3 is 2.91 bits per heavy atom. The monoisotopic (exact) mass is 334 g/mol. The molecule has 1 unspecified atom stereocenters. The fourth-order valence-electron chi connectivity index (χ4n) is 2.09. The zero-order chi connectivity index (χ0) is 16.7. The lowest BCUT2D eigenvalue weighted by Gasteiger charge is -2.14. The van der Waals surface area contributed by atoms with Crippen molar-refractivity contribution in [2.45, 2.75) is 39.2 Å². The Labute approximate surface area is 139 Å². The van der Waals surface area contributed by atoms with Gasteiger partial charge in [0.05, 0.1) is 12.2 Å². The van der Waals surface area contributed by atoms with E-state index in [9.17, 15) is 9.59 Å². The Hall–Kier alpha value is -2.15. The van der Waals surface area contributed by atoms with E-state index >= 15 is 0 Å². The average molecular weight is 334 g/mol. The van der Waals surface area contributed by atoms with E-state index in [4.69, 9.17) is 0 Å². The highest BCUT2D eigenvalue weighted by Crippen LogP contribution is 2.16. The van der Waals surface area contributed by atoms with Gasteiger partial charge < -0.3 is 10.6 Å². The second kappa shape index (κ2) is 8.47. The molecule has 0 fully saturated rings. The van der Waals surface area contributed by atoms with E-state index in [0.29, 0.717) is 30.8 Å². The second-order valence-electron chi connectivity index (χ2n) is 5.34. The molecule has 124 valence electrons. The lowest BCUT2D eigenvalue weighted by Crippen LogP contribution is -2.25. The van der Waals surface area contributed by atoms with Gasteiger partial charge >= 0.3 is 0 Å². The van der Waals surface area contributed by atoms with Crippen LogP contribution in [0.4, 0.5) is 5.82 Å². The highest BCUT2D eigenvalue weighted by atomic mass is 32.1. The third-order valence-electron chi connectivity index (χ3n) is 3.60. The fourth-order valence-corrected chi connectivity index (χ4v) is 2.73. The third-order valence-corrected chi connectivity index (χ3v) is 4.28. The highest BCUT2D eigenvalue weighted by Gasteiger charge is 2.11. The van der Waals surface area contributed by atoms with Crippen LogP contribution in [0.2, 0.25) is 0 Å². The number of carbonyl (C=O) groups is 2. The molecule has 23 heavy (non-hydrogen) atoms. The van der Waals surface area contributed by atoms with E-state index in [1.165, 1.54) is 11.3 Å². The number of amides is 2. The SMILES string of the molecule is CCC(C)n1nccc1NC(=O)CCCNC(=O)c1ccsc1. The summed E-state index contributed by atoms with van der Waals surface area (Å²) in [6.45, 7) is 4.61. The predicted molar refractivity (Wildman–Crippen MR) is 91.7 cm³/mol. The minimum absolute atomic E-state index is 0.0696. The molecule has 2 N–H and O–H groups in total. The van der Waals surface area contributed by atoms with Crippen molar-refractivity contribution < 1.29 is 9.59 Å². The minimum Gasteiger partial charge on any atom is -0.352 e. The van der Waals surface area contributed by atoms with Crippen molar-refractivity contribution >= 4 is 29.0 Å². The Bertz CT molecular complexity index is 636. The summed E-state index contributed by atoms with van der Waals surface area (Å²) in [6.07, 6.45) is 3.58. The molecular formula is C16H22N4O2S. The van der Waals surface area contributed by atoms with Crippen LogP contribution in [-0.4, -0.2) is 28.1 Å². The van der Waals surface area contributed by atoms with Crippen LogP contribution in [0, 0.1) is 0 Å². The van der Waals surface area contributed by atoms with Gasteiger partial charge in [-0.15, -0.1) is 0 Å². The smallest absolute Gasteiger partial charge is 0.252 e. The number of aromatic nitrogens is 2. The van der Waals surface area contributed by atoms with Gasteiger partial charge in [0.25, 0.3) is 5.91 Å². The van der Waals surface area contributed by atoms with Gasteiger partial charge in [0.1, 0.15) is 5.82 Å². The molecule has 0 aliphatic rings. The van der Waals surface area contributed by atoms with Crippen molar-refractivity contribution in [3.8, 4) is 0 Å². The molecule has 0 radical (unpaired) electrons. The molecule has 2 aromatic heterocycles. The summed E-state index contributed by atoms with van der Waals surface area (Å²) < 4.78 is 1.82. The highest BCUT2D eigenvalue weighted by molar-refractivity contribution is 7.08. The van der Waals surface area contributed by atoms with Gasteiger partial charge in [-0.2, -0.15) is 16.4 Å². The Morgan fingerprint density at radius 2 is 2.22 bits per heavy atom. The van der Waals surface area contributed by atoms with Crippen molar-refractivity contribution in [3.05, 3.63) is 34.7 Å². The topological polar surface area (TPSA) is 76.0 Å². The maximum absolute atomic E-state index is 12.0. The Kier molecular flexibility index (Phi) is 6.34. The molecule has 7 heteroatoms. The zero-order valence-electron chi connectivity index (χ0n) is 13.4. The van der Waals surface area contributed by atoms with E-state index in [-0.39, 0.29) is 17.9 Å². The predicted octanol–water partition coefficient (Wildman–Crippen LogP) is 3.06. The van der Waals surface area contributed by atoms with Gasteiger partial charge in [0.15, 0.2) is 0 Å². The summed E-state index contributed by atoms with van der Waals surface area (Å²) in [5.41, 5.74) is 0.664. The van der Waals surface area contributed by atoms with Crippen LogP contribution in [0.5, 0.6) is 0 Å². The molecule has 0 saturated carbocycles. The summed E-state index contributed by atoms with van der Waals surface area (Å²) in [4.78, 5) is 23.7. The number of anilines is 1. The van der Waals surface area contributed by atoms with E-state index in [0.717, 1.165) is 6.42 Å². The lowest BCUT2D eigenvalue weighted by atomic mass is 10.2. The first kappa shape index (κ1) is 17.2. The van der Waals surface area contributed by atoms with Crippen LogP contribution in [0.15, 0.2) is 29.1 Å². The standard InChI is InChI=1S/C16H22N4O2S/c1-3-12(2)20-14(6-9-18-20)19-15(21)5-4-8-17-16(22)13-7-10-23-11-13/h6-7,9-12H,3-5,8H2,1-2H3,(H,17,22)(H,19,21). The number of hydrogen-bond donors (Lipinski definition) is 2. The quantitative estimate of drug-likeness (QED) is 0.729. The molecule has 0 bridgehead atoms. The maximum atomic E-state index is 12.0. The Morgan fingerprint density at radius 1 is 1.39 bits per heavy atom. The fraction of sp³-hybridized carbons (Fsp3) is 0.438. The number of nitrogens with zero attached hydrogens (tertiary/aromatic N) is 2. The van der Waals surface area contributed by atoms with Gasteiger partial charge in [0.2, 0.25) is 5.91 Å². The largest absolute Gasteiger partial charge is 0.352 e. The van der Waals surface area contributed by atoms with Crippen LogP contribution in [0.1, 0.15) is 49.5 Å². The molecule has 2 amide bonds. The van der Waals surface area contributed by atoms with Crippen LogP contribution >= 0.6 is 11.3 Å². The summed E-state index contributed by atoms with van der Waals surface area (Å²) >= 11 is 1.49. The zero-order valence-corrected chi connectivity index (χ0v) is 14.2. The summed E-state index contributed by atoms with van der Waals surface area (Å²) in [7, 11) is 0. The summed E-state index contributed by atoms with van der Waals surface area (Å²) in [5, 5.41) is 13.6. The van der Waals surface area contributed by atoms with E-state index in [2.05, 4.69) is 29.6 Å². The molecule has 2 aromatic rings. The normalized spacial score (nSPS) is 11.9. The first-order valence-electron chi connectivity index (χ1n) is 7.75. The minimum atomic E-state index is -0.0958. The number of carbonyl (C=O) groups excluding carboxylic acids is 2. The number of nitrogens with one attached hydrogen (secondary N) is 2. The third kappa shape index (κ3) is 4.92. The maximum Gasteiger partial charge on any atom is 0.252 e. The number of thiophene rings is 1. The van der Waals surface area contributed by atoms with E-state index in [1.54, 1.807) is 23.7 Å².